The van der Waals surface area contributed by atoms with Crippen molar-refractivity contribution in [1.29, 1.82) is 0 Å². The van der Waals surface area contributed by atoms with E-state index in [0.29, 0.717) is 23.1 Å². The fourth-order valence-electron chi connectivity index (χ4n) is 4.22. The number of nitrogens with zero attached hydrogens (tertiary/aromatic N) is 3. The van der Waals surface area contributed by atoms with Gasteiger partial charge in [-0.1, -0.05) is 24.3 Å². The molecule has 4 aromatic rings. The average molecular weight is 511 g/mol. The fourth-order valence-corrected chi connectivity index (χ4v) is 4.44. The van der Waals surface area contributed by atoms with E-state index in [9.17, 15) is 14.4 Å². The Morgan fingerprint density at radius 1 is 0.865 bits per heavy atom. The highest BCUT2D eigenvalue weighted by Crippen LogP contribution is 2.23. The molecule has 0 saturated carbocycles. The third-order valence-electron chi connectivity index (χ3n) is 6.01. The van der Waals surface area contributed by atoms with Gasteiger partial charge in [0.1, 0.15) is 0 Å². The van der Waals surface area contributed by atoms with Gasteiger partial charge in [-0.3, -0.25) is 40.1 Å². The maximum atomic E-state index is 12.9. The van der Waals surface area contributed by atoms with Crippen molar-refractivity contribution in [3.8, 4) is 0 Å². The standard InChI is InChI=1S/C27H22N6O3S/c34-24(19-7-8-20-15-29-11-9-18(20)13-19)31-32-27(37)30-21(12-17-4-3-10-28-14-17)16-33-25(35)22-5-1-2-6-23(22)26(33)36/h1-11,13-15,21H,12,16H2,(H,31,34)(H2,30,32,37)/t21-/m0/s1. The van der Waals surface area contributed by atoms with Gasteiger partial charge in [-0.05, 0) is 66.0 Å². The molecule has 1 aliphatic rings. The van der Waals surface area contributed by atoms with E-state index in [-0.39, 0.29) is 29.4 Å². The van der Waals surface area contributed by atoms with Crippen LogP contribution in [0.2, 0.25) is 0 Å². The zero-order valence-corrected chi connectivity index (χ0v) is 20.4. The predicted molar refractivity (Wildman–Crippen MR) is 142 cm³/mol. The molecule has 0 radical (unpaired) electrons. The van der Waals surface area contributed by atoms with Crippen molar-refractivity contribution in [2.24, 2.45) is 0 Å². The van der Waals surface area contributed by atoms with Crippen molar-refractivity contribution in [3.05, 3.63) is 108 Å². The Kier molecular flexibility index (Phi) is 6.82. The Bertz CT molecular complexity index is 1480. The molecule has 0 spiro atoms. The number of nitrogens with one attached hydrogen (secondary N) is 3. The summed E-state index contributed by atoms with van der Waals surface area (Å²) in [6, 6.07) is 17.1. The second-order valence-electron chi connectivity index (χ2n) is 8.52. The summed E-state index contributed by atoms with van der Waals surface area (Å²) in [5.74, 6) is -1.07. The van der Waals surface area contributed by atoms with E-state index in [1.54, 1.807) is 61.2 Å². The SMILES string of the molecule is O=C(NNC(=S)N[C@@H](Cc1cccnc1)CN1C(=O)c2ccccc2C1=O)c1ccc2cnccc2c1. The van der Waals surface area contributed by atoms with Crippen LogP contribution in [0.3, 0.4) is 0 Å². The van der Waals surface area contributed by atoms with Gasteiger partial charge in [-0.25, -0.2) is 0 Å². The number of hydrazine groups is 1. The lowest BCUT2D eigenvalue weighted by atomic mass is 10.1. The van der Waals surface area contributed by atoms with Crippen LogP contribution < -0.4 is 16.2 Å². The number of fused-ring (bicyclic) bond motifs is 2. The third kappa shape index (κ3) is 5.29. The fraction of sp³-hybridized carbons (Fsp3) is 0.111. The first-order valence-electron chi connectivity index (χ1n) is 11.5. The lowest BCUT2D eigenvalue weighted by Crippen LogP contribution is -2.53. The molecular formula is C27H22N6O3S. The van der Waals surface area contributed by atoms with Crippen LogP contribution in [-0.4, -0.2) is 50.3 Å². The van der Waals surface area contributed by atoms with E-state index >= 15 is 0 Å². The molecule has 3 heterocycles. The summed E-state index contributed by atoms with van der Waals surface area (Å²) in [4.78, 5) is 47.9. The van der Waals surface area contributed by atoms with Crippen LogP contribution >= 0.6 is 12.2 Å². The first-order valence-corrected chi connectivity index (χ1v) is 11.9. The number of thiocarbonyl (C=S) groups is 1. The van der Waals surface area contributed by atoms with Crippen molar-refractivity contribution in [2.75, 3.05) is 6.54 Å². The number of imide groups is 1. The van der Waals surface area contributed by atoms with Crippen LogP contribution in [0.1, 0.15) is 36.6 Å². The molecule has 37 heavy (non-hydrogen) atoms. The molecule has 0 fully saturated rings. The van der Waals surface area contributed by atoms with Crippen LogP contribution in [0.5, 0.6) is 0 Å². The monoisotopic (exact) mass is 510 g/mol. The number of benzene rings is 2. The van der Waals surface area contributed by atoms with Crippen LogP contribution in [-0.2, 0) is 6.42 Å². The zero-order chi connectivity index (χ0) is 25.8. The minimum atomic E-state index is -0.434. The van der Waals surface area contributed by atoms with Crippen molar-refractivity contribution < 1.29 is 14.4 Å². The van der Waals surface area contributed by atoms with Crippen molar-refractivity contribution >= 4 is 45.8 Å². The number of carbonyl (C=O) groups is 3. The lowest BCUT2D eigenvalue weighted by Gasteiger charge is -2.25. The van der Waals surface area contributed by atoms with E-state index in [2.05, 4.69) is 26.1 Å². The Morgan fingerprint density at radius 3 is 2.35 bits per heavy atom. The quantitative estimate of drug-likeness (QED) is 0.206. The van der Waals surface area contributed by atoms with Crippen molar-refractivity contribution in [1.82, 2.24) is 31.0 Å². The number of carbonyl (C=O) groups excluding carboxylic acids is 3. The number of rotatable bonds is 6. The molecule has 0 bridgehead atoms. The molecule has 1 aliphatic heterocycles. The number of aromatic nitrogens is 2. The van der Waals surface area contributed by atoms with E-state index in [0.717, 1.165) is 16.3 Å². The molecular weight excluding hydrogens is 488 g/mol. The average Bonchev–Trinajstić information content (AvgIpc) is 3.17. The summed E-state index contributed by atoms with van der Waals surface area (Å²) in [7, 11) is 0. The topological polar surface area (TPSA) is 116 Å². The van der Waals surface area contributed by atoms with E-state index < -0.39 is 6.04 Å². The maximum absolute atomic E-state index is 12.9. The summed E-state index contributed by atoms with van der Waals surface area (Å²) >= 11 is 5.41. The number of hydrogen-bond acceptors (Lipinski definition) is 6. The predicted octanol–water partition coefficient (Wildman–Crippen LogP) is 2.65. The molecule has 0 saturated heterocycles. The second-order valence-corrected chi connectivity index (χ2v) is 8.93. The smallest absolute Gasteiger partial charge is 0.269 e. The molecule has 3 amide bonds. The summed E-state index contributed by atoms with van der Waals surface area (Å²) in [6.45, 7) is 0.0791. The number of hydrogen-bond donors (Lipinski definition) is 3. The Hall–Kier alpha value is -4.70. The highest BCUT2D eigenvalue weighted by Gasteiger charge is 2.36. The molecule has 2 aromatic carbocycles. The molecule has 9 nitrogen and oxygen atoms in total. The molecule has 2 aromatic heterocycles. The van der Waals surface area contributed by atoms with Crippen LogP contribution in [0.25, 0.3) is 10.8 Å². The van der Waals surface area contributed by atoms with Gasteiger partial charge < -0.3 is 5.32 Å². The highest BCUT2D eigenvalue weighted by molar-refractivity contribution is 7.80. The molecule has 10 heteroatoms. The van der Waals surface area contributed by atoms with Gasteiger partial charge in [0.2, 0.25) is 0 Å². The Morgan fingerprint density at radius 2 is 1.62 bits per heavy atom. The molecule has 0 aliphatic carbocycles. The molecule has 1 atom stereocenters. The summed E-state index contributed by atoms with van der Waals surface area (Å²) in [5, 5.41) is 5.08. The first kappa shape index (κ1) is 24.0. The second kappa shape index (κ2) is 10.5. The van der Waals surface area contributed by atoms with Crippen LogP contribution in [0, 0.1) is 0 Å². The van der Waals surface area contributed by atoms with Gasteiger partial charge in [0.25, 0.3) is 17.7 Å². The minimum absolute atomic E-state index is 0.0791. The Balaban J connectivity index is 1.26. The van der Waals surface area contributed by atoms with Gasteiger partial charge in [0.05, 0.1) is 17.2 Å². The number of pyridine rings is 2. The lowest BCUT2D eigenvalue weighted by molar-refractivity contribution is 0.0641. The Labute approximate surface area is 217 Å². The normalized spacial score (nSPS) is 13.2. The van der Waals surface area contributed by atoms with Gasteiger partial charge in [-0.2, -0.15) is 0 Å². The maximum Gasteiger partial charge on any atom is 0.269 e. The first-order chi connectivity index (χ1) is 18.0. The van der Waals surface area contributed by atoms with Crippen molar-refractivity contribution in [3.63, 3.8) is 0 Å². The summed E-state index contributed by atoms with van der Waals surface area (Å²) < 4.78 is 0. The van der Waals surface area contributed by atoms with Gasteiger partial charge in [-0.15, -0.1) is 0 Å². The van der Waals surface area contributed by atoms with Gasteiger partial charge in [0, 0.05) is 42.3 Å². The molecule has 3 N–H and O–H groups in total. The van der Waals surface area contributed by atoms with Gasteiger partial charge in [0.15, 0.2) is 5.11 Å². The van der Waals surface area contributed by atoms with E-state index in [1.165, 1.54) is 4.90 Å². The van der Waals surface area contributed by atoms with Gasteiger partial charge >= 0.3 is 0 Å². The van der Waals surface area contributed by atoms with Crippen LogP contribution in [0.4, 0.5) is 0 Å². The molecule has 5 rings (SSSR count). The number of amides is 3. The minimum Gasteiger partial charge on any atom is -0.356 e. The third-order valence-corrected chi connectivity index (χ3v) is 6.23. The zero-order valence-electron chi connectivity index (χ0n) is 19.5. The molecule has 0 unspecified atom stereocenters. The highest BCUT2D eigenvalue weighted by atomic mass is 32.1. The molecule has 184 valence electrons. The summed E-state index contributed by atoms with van der Waals surface area (Å²) in [5.41, 5.74) is 7.41. The largest absolute Gasteiger partial charge is 0.356 e. The van der Waals surface area contributed by atoms with Crippen molar-refractivity contribution in [2.45, 2.75) is 12.5 Å². The van der Waals surface area contributed by atoms with Crippen LogP contribution in [0.15, 0.2) is 85.5 Å². The summed E-state index contributed by atoms with van der Waals surface area (Å²) in [6.07, 6.45) is 7.21. The van der Waals surface area contributed by atoms with E-state index in [1.807, 2.05) is 24.3 Å². The van der Waals surface area contributed by atoms with E-state index in [4.69, 9.17) is 12.2 Å².